The monoisotopic (exact) mass is 314 g/mol. The van der Waals surface area contributed by atoms with Gasteiger partial charge in [0.2, 0.25) is 0 Å². The molecule has 1 heterocycles. The van der Waals surface area contributed by atoms with E-state index < -0.39 is 5.97 Å². The number of nitrogens with zero attached hydrogens (tertiary/aromatic N) is 2. The van der Waals surface area contributed by atoms with Crippen molar-refractivity contribution in [1.82, 2.24) is 10.2 Å². The minimum Gasteiger partial charge on any atom is -0.383 e. The van der Waals surface area contributed by atoms with Gasteiger partial charge >= 0.3 is 12.0 Å². The number of halogens is 1. The number of thioether (sulfide) groups is 1. The van der Waals surface area contributed by atoms with Crippen LogP contribution in [0.2, 0.25) is 0 Å². The highest BCUT2D eigenvalue weighted by atomic mass is 79.9. The minimum atomic E-state index is -0.534. The van der Waals surface area contributed by atoms with Crippen LogP contribution in [-0.4, -0.2) is 22.4 Å². The molecular weight excluding hydrogens is 308 g/mol. The Morgan fingerprint density at radius 1 is 1.35 bits per heavy atom. The average molecular weight is 315 g/mol. The number of esters is 1. The lowest BCUT2D eigenvalue weighted by Gasteiger charge is -1.98. The molecule has 1 aromatic carbocycles. The van der Waals surface area contributed by atoms with E-state index in [1.807, 2.05) is 0 Å². The number of benzene rings is 1. The zero-order valence-electron chi connectivity index (χ0n) is 8.71. The van der Waals surface area contributed by atoms with Crippen LogP contribution in [0.4, 0.5) is 0 Å². The number of carbonyl (C=O) groups is 1. The summed E-state index contributed by atoms with van der Waals surface area (Å²) in [7, 11) is 0. The lowest BCUT2D eigenvalue weighted by molar-refractivity contribution is 0.0675. The molecule has 0 fully saturated rings. The van der Waals surface area contributed by atoms with Gasteiger partial charge in [0.05, 0.1) is 5.56 Å². The van der Waals surface area contributed by atoms with Gasteiger partial charge in [-0.15, -0.1) is 0 Å². The van der Waals surface area contributed by atoms with Gasteiger partial charge < -0.3 is 9.15 Å². The van der Waals surface area contributed by atoms with Crippen molar-refractivity contribution in [2.75, 3.05) is 6.26 Å². The van der Waals surface area contributed by atoms with Crippen LogP contribution in [-0.2, 0) is 0 Å². The van der Waals surface area contributed by atoms with Gasteiger partial charge in [-0.3, -0.25) is 0 Å². The molecule has 0 saturated heterocycles. The van der Waals surface area contributed by atoms with Crippen LogP contribution in [0.1, 0.15) is 10.4 Å². The Balaban J connectivity index is 2.08. The van der Waals surface area contributed by atoms with E-state index >= 15 is 0 Å². The molecule has 2 aromatic rings. The van der Waals surface area contributed by atoms with Crippen LogP contribution < -0.4 is 4.74 Å². The summed E-state index contributed by atoms with van der Waals surface area (Å²) in [6, 6.07) is 6.77. The van der Waals surface area contributed by atoms with Gasteiger partial charge in [-0.25, -0.2) is 4.79 Å². The third-order valence-corrected chi connectivity index (χ3v) is 2.87. The third-order valence-electron chi connectivity index (χ3n) is 1.82. The Hall–Kier alpha value is -1.34. The van der Waals surface area contributed by atoms with Crippen molar-refractivity contribution in [3.05, 3.63) is 34.3 Å². The molecule has 0 aliphatic carbocycles. The summed E-state index contributed by atoms with van der Waals surface area (Å²) in [5.41, 5.74) is 0.414. The second kappa shape index (κ2) is 5.33. The zero-order valence-corrected chi connectivity index (χ0v) is 11.1. The fraction of sp³-hybridized carbons (Fsp3) is 0.100. The molecule has 0 unspecified atom stereocenters. The molecule has 7 heteroatoms. The van der Waals surface area contributed by atoms with E-state index in [4.69, 9.17) is 9.15 Å². The lowest BCUT2D eigenvalue weighted by Crippen LogP contribution is -2.08. The number of hydrogen-bond donors (Lipinski definition) is 0. The topological polar surface area (TPSA) is 65.2 Å². The Labute approximate surface area is 110 Å². The number of rotatable bonds is 3. The second-order valence-electron chi connectivity index (χ2n) is 2.93. The summed E-state index contributed by atoms with van der Waals surface area (Å²) >= 11 is 4.56. The maximum atomic E-state index is 11.7. The highest BCUT2D eigenvalue weighted by molar-refractivity contribution is 9.10. The van der Waals surface area contributed by atoms with E-state index in [2.05, 4.69) is 26.1 Å². The molecule has 2 rings (SSSR count). The van der Waals surface area contributed by atoms with Gasteiger partial charge in [0.1, 0.15) is 0 Å². The SMILES string of the molecule is CSc1nnc(OC(=O)c2ccc(Br)cc2)o1. The van der Waals surface area contributed by atoms with Crippen LogP contribution in [0.15, 0.2) is 38.4 Å². The van der Waals surface area contributed by atoms with Gasteiger partial charge in [-0.05, 0) is 30.5 Å². The fourth-order valence-corrected chi connectivity index (χ4v) is 1.59. The molecular formula is C10H7BrN2O3S. The summed E-state index contributed by atoms with van der Waals surface area (Å²) in [6.45, 7) is 0. The van der Waals surface area contributed by atoms with Gasteiger partial charge in [0, 0.05) is 4.47 Å². The predicted molar refractivity (Wildman–Crippen MR) is 65.2 cm³/mol. The molecule has 0 aliphatic heterocycles. The number of aromatic nitrogens is 2. The van der Waals surface area contributed by atoms with E-state index in [1.165, 1.54) is 11.8 Å². The van der Waals surface area contributed by atoms with Gasteiger partial charge in [0.25, 0.3) is 5.22 Å². The van der Waals surface area contributed by atoms with Crippen molar-refractivity contribution in [2.24, 2.45) is 0 Å². The molecule has 5 nitrogen and oxygen atoms in total. The first-order chi connectivity index (χ1) is 8.19. The summed E-state index contributed by atoms with van der Waals surface area (Å²) in [5.74, 6) is -0.534. The predicted octanol–water partition coefficient (Wildman–Crippen LogP) is 2.77. The average Bonchev–Trinajstić information content (AvgIpc) is 2.77. The van der Waals surface area contributed by atoms with Gasteiger partial charge in [0.15, 0.2) is 0 Å². The highest BCUT2D eigenvalue weighted by Crippen LogP contribution is 2.18. The summed E-state index contributed by atoms with van der Waals surface area (Å²) < 4.78 is 10.8. The normalized spacial score (nSPS) is 10.2. The van der Waals surface area contributed by atoms with E-state index in [9.17, 15) is 4.79 Å². The van der Waals surface area contributed by atoms with Crippen LogP contribution in [0.3, 0.4) is 0 Å². The van der Waals surface area contributed by atoms with Gasteiger partial charge in [-0.1, -0.05) is 37.9 Å². The summed E-state index contributed by atoms with van der Waals surface area (Å²) in [6.07, 6.45) is 1.63. The van der Waals surface area contributed by atoms with Crippen LogP contribution >= 0.6 is 27.7 Å². The summed E-state index contributed by atoms with van der Waals surface area (Å²) in [5, 5.41) is 7.59. The molecule has 0 atom stereocenters. The standard InChI is InChI=1S/C10H7BrN2O3S/c1-17-10-13-12-9(16-10)15-8(14)6-2-4-7(11)5-3-6/h2-5H,1H3. The highest BCUT2D eigenvalue weighted by Gasteiger charge is 2.13. The Morgan fingerprint density at radius 2 is 2.06 bits per heavy atom. The third kappa shape index (κ3) is 3.07. The summed E-state index contributed by atoms with van der Waals surface area (Å²) in [4.78, 5) is 11.7. The first kappa shape index (κ1) is 12.1. The van der Waals surface area contributed by atoms with Crippen molar-refractivity contribution >= 4 is 33.7 Å². The van der Waals surface area contributed by atoms with Crippen molar-refractivity contribution in [3.8, 4) is 6.08 Å². The van der Waals surface area contributed by atoms with Crippen LogP contribution in [0.5, 0.6) is 6.08 Å². The van der Waals surface area contributed by atoms with Crippen molar-refractivity contribution in [3.63, 3.8) is 0 Å². The smallest absolute Gasteiger partial charge is 0.383 e. The van der Waals surface area contributed by atoms with E-state index in [-0.39, 0.29) is 6.08 Å². The zero-order chi connectivity index (χ0) is 12.3. The molecule has 0 saturated carbocycles. The Bertz CT molecular complexity index is 527. The molecule has 0 spiro atoms. The van der Waals surface area contributed by atoms with Crippen molar-refractivity contribution in [2.45, 2.75) is 5.22 Å². The molecule has 88 valence electrons. The molecule has 0 amide bonds. The first-order valence-electron chi connectivity index (χ1n) is 4.54. The van der Waals surface area contributed by atoms with E-state index in [0.717, 1.165) is 4.47 Å². The van der Waals surface area contributed by atoms with Crippen molar-refractivity contribution < 1.29 is 13.9 Å². The van der Waals surface area contributed by atoms with Crippen LogP contribution in [0, 0.1) is 0 Å². The first-order valence-corrected chi connectivity index (χ1v) is 6.56. The maximum absolute atomic E-state index is 11.7. The Kier molecular flexibility index (Phi) is 3.80. The molecule has 0 radical (unpaired) electrons. The quantitative estimate of drug-likeness (QED) is 0.641. The molecule has 0 bridgehead atoms. The second-order valence-corrected chi connectivity index (χ2v) is 4.61. The Morgan fingerprint density at radius 3 is 2.65 bits per heavy atom. The minimum absolute atomic E-state index is 0.151. The number of carbonyl (C=O) groups excluding carboxylic acids is 1. The largest absolute Gasteiger partial charge is 0.423 e. The van der Waals surface area contributed by atoms with Gasteiger partial charge in [-0.2, -0.15) is 0 Å². The molecule has 0 aliphatic rings. The van der Waals surface area contributed by atoms with Crippen LogP contribution in [0.25, 0.3) is 0 Å². The number of ether oxygens (including phenoxy) is 1. The fourth-order valence-electron chi connectivity index (χ4n) is 1.05. The van der Waals surface area contributed by atoms with E-state index in [0.29, 0.717) is 10.8 Å². The van der Waals surface area contributed by atoms with Crippen molar-refractivity contribution in [1.29, 1.82) is 0 Å². The maximum Gasteiger partial charge on any atom is 0.423 e. The molecule has 1 aromatic heterocycles. The van der Waals surface area contributed by atoms with E-state index in [1.54, 1.807) is 30.5 Å². The molecule has 0 N–H and O–H groups in total. The number of hydrogen-bond acceptors (Lipinski definition) is 6. The lowest BCUT2D eigenvalue weighted by atomic mass is 10.2. The molecule has 17 heavy (non-hydrogen) atoms.